The molecule has 0 radical (unpaired) electrons. The van der Waals surface area contributed by atoms with Crippen LogP contribution >= 0.6 is 0 Å². The maximum Gasteiger partial charge on any atom is 0.115 e. The first-order chi connectivity index (χ1) is 8.29. The lowest BCUT2D eigenvalue weighted by Crippen LogP contribution is -2.44. The van der Waals surface area contributed by atoms with Crippen LogP contribution < -0.4 is 5.32 Å². The molecule has 1 fully saturated rings. The molecule has 1 unspecified atom stereocenters. The maximum absolute atomic E-state index is 9.48. The van der Waals surface area contributed by atoms with Crippen LogP contribution in [-0.2, 0) is 6.54 Å². The molecule has 2 rings (SSSR count). The molecule has 1 aromatic rings. The third-order valence-corrected chi connectivity index (χ3v) is 3.49. The van der Waals surface area contributed by atoms with Crippen molar-refractivity contribution in [1.82, 2.24) is 10.2 Å². The Balaban J connectivity index is 2.00. The first kappa shape index (κ1) is 12.4. The van der Waals surface area contributed by atoms with Gasteiger partial charge in [0.05, 0.1) is 0 Å². The summed E-state index contributed by atoms with van der Waals surface area (Å²) in [5.41, 5.74) is 1.20. The minimum absolute atomic E-state index is 0.365. The van der Waals surface area contributed by atoms with E-state index in [4.69, 9.17) is 0 Å². The van der Waals surface area contributed by atoms with Gasteiger partial charge in [0.15, 0.2) is 0 Å². The number of phenolic OH excluding ortho intramolecular Hbond substituents is 1. The number of likely N-dealkylation sites (tertiary alicyclic amines) is 1. The first-order valence-corrected chi connectivity index (χ1v) is 6.46. The Labute approximate surface area is 103 Å². The van der Waals surface area contributed by atoms with E-state index in [0.717, 1.165) is 13.1 Å². The van der Waals surface area contributed by atoms with Crippen LogP contribution in [0.2, 0.25) is 0 Å². The number of rotatable bonds is 4. The lowest BCUT2D eigenvalue weighted by molar-refractivity contribution is 0.139. The second kappa shape index (κ2) is 6.03. The Morgan fingerprint density at radius 1 is 1.41 bits per heavy atom. The number of likely N-dealkylation sites (N-methyl/N-ethyl adjacent to an activating group) is 1. The van der Waals surface area contributed by atoms with Crippen LogP contribution in [0.5, 0.6) is 5.75 Å². The number of phenols is 1. The topological polar surface area (TPSA) is 35.5 Å². The highest BCUT2D eigenvalue weighted by Crippen LogP contribution is 2.20. The van der Waals surface area contributed by atoms with Gasteiger partial charge >= 0.3 is 0 Å². The van der Waals surface area contributed by atoms with Gasteiger partial charge in [0.25, 0.3) is 0 Å². The van der Waals surface area contributed by atoms with E-state index in [1.165, 1.54) is 31.4 Å². The Morgan fingerprint density at radius 2 is 2.29 bits per heavy atom. The standard InChI is InChI=1S/C14H22N2O/c1-15-10-13-6-2-3-8-16(13)11-12-5-4-7-14(17)9-12/h4-5,7,9,13,15,17H,2-3,6,8,10-11H2,1H3. The van der Waals surface area contributed by atoms with Crippen molar-refractivity contribution in [2.75, 3.05) is 20.1 Å². The maximum atomic E-state index is 9.48. The van der Waals surface area contributed by atoms with E-state index in [-0.39, 0.29) is 0 Å². The van der Waals surface area contributed by atoms with Gasteiger partial charge in [0.2, 0.25) is 0 Å². The van der Waals surface area contributed by atoms with Crippen LogP contribution in [0.3, 0.4) is 0 Å². The average molecular weight is 234 g/mol. The molecule has 1 saturated heterocycles. The number of hydrogen-bond donors (Lipinski definition) is 2. The summed E-state index contributed by atoms with van der Waals surface area (Å²) in [6.45, 7) is 3.17. The SMILES string of the molecule is CNCC1CCCCN1Cc1cccc(O)c1. The van der Waals surface area contributed by atoms with Gasteiger partial charge < -0.3 is 10.4 Å². The van der Waals surface area contributed by atoms with Crippen LogP contribution in [-0.4, -0.2) is 36.2 Å². The highest BCUT2D eigenvalue weighted by molar-refractivity contribution is 5.27. The third-order valence-electron chi connectivity index (χ3n) is 3.49. The molecular weight excluding hydrogens is 212 g/mol. The fourth-order valence-corrected chi connectivity index (χ4v) is 2.62. The zero-order valence-electron chi connectivity index (χ0n) is 10.5. The molecule has 3 nitrogen and oxygen atoms in total. The second-order valence-electron chi connectivity index (χ2n) is 4.85. The number of nitrogens with one attached hydrogen (secondary N) is 1. The van der Waals surface area contributed by atoms with Gasteiger partial charge in [-0.05, 0) is 44.1 Å². The summed E-state index contributed by atoms with van der Waals surface area (Å²) < 4.78 is 0. The molecular formula is C14H22N2O. The monoisotopic (exact) mass is 234 g/mol. The molecule has 1 atom stereocenters. The first-order valence-electron chi connectivity index (χ1n) is 6.46. The molecule has 0 saturated carbocycles. The van der Waals surface area contributed by atoms with Crippen molar-refractivity contribution < 1.29 is 5.11 Å². The van der Waals surface area contributed by atoms with Gasteiger partial charge in [0.1, 0.15) is 5.75 Å². The predicted octanol–water partition coefficient (Wildman–Crippen LogP) is 1.97. The Bertz CT molecular complexity index is 352. The summed E-state index contributed by atoms with van der Waals surface area (Å²) in [6, 6.07) is 8.23. The van der Waals surface area contributed by atoms with E-state index >= 15 is 0 Å². The number of hydrogen-bond acceptors (Lipinski definition) is 3. The Morgan fingerprint density at radius 3 is 3.06 bits per heavy atom. The molecule has 1 aliphatic heterocycles. The minimum Gasteiger partial charge on any atom is -0.508 e. The summed E-state index contributed by atoms with van der Waals surface area (Å²) in [6.07, 6.45) is 3.90. The van der Waals surface area contributed by atoms with Crippen molar-refractivity contribution >= 4 is 0 Å². The normalized spacial score (nSPS) is 21.6. The van der Waals surface area contributed by atoms with Crippen molar-refractivity contribution in [2.45, 2.75) is 31.8 Å². The summed E-state index contributed by atoms with van der Waals surface area (Å²) in [4.78, 5) is 2.52. The van der Waals surface area contributed by atoms with Crippen LogP contribution in [0, 0.1) is 0 Å². The summed E-state index contributed by atoms with van der Waals surface area (Å²) in [7, 11) is 2.02. The zero-order valence-corrected chi connectivity index (χ0v) is 10.5. The number of aromatic hydroxyl groups is 1. The summed E-state index contributed by atoms with van der Waals surface area (Å²) >= 11 is 0. The van der Waals surface area contributed by atoms with Gasteiger partial charge in [-0.2, -0.15) is 0 Å². The lowest BCUT2D eigenvalue weighted by Gasteiger charge is -2.35. The van der Waals surface area contributed by atoms with Crippen molar-refractivity contribution in [3.63, 3.8) is 0 Å². The van der Waals surface area contributed by atoms with Crippen molar-refractivity contribution in [2.24, 2.45) is 0 Å². The van der Waals surface area contributed by atoms with E-state index in [2.05, 4.69) is 16.3 Å². The molecule has 2 N–H and O–H groups in total. The number of benzene rings is 1. The van der Waals surface area contributed by atoms with Crippen molar-refractivity contribution in [3.05, 3.63) is 29.8 Å². The van der Waals surface area contributed by atoms with Crippen molar-refractivity contribution in [3.8, 4) is 5.75 Å². The van der Waals surface area contributed by atoms with Gasteiger partial charge in [-0.25, -0.2) is 0 Å². The summed E-state index contributed by atoms with van der Waals surface area (Å²) in [5.74, 6) is 0.365. The average Bonchev–Trinajstić information content (AvgIpc) is 2.32. The third kappa shape index (κ3) is 3.45. The predicted molar refractivity (Wildman–Crippen MR) is 70.1 cm³/mol. The molecule has 3 heteroatoms. The molecule has 0 spiro atoms. The van der Waals surface area contributed by atoms with E-state index in [9.17, 15) is 5.11 Å². The largest absolute Gasteiger partial charge is 0.508 e. The lowest BCUT2D eigenvalue weighted by atomic mass is 10.0. The van der Waals surface area contributed by atoms with Gasteiger partial charge in [-0.1, -0.05) is 18.6 Å². The number of nitrogens with zero attached hydrogens (tertiary/aromatic N) is 1. The van der Waals surface area contributed by atoms with Crippen molar-refractivity contribution in [1.29, 1.82) is 0 Å². The Kier molecular flexibility index (Phi) is 4.40. The molecule has 1 heterocycles. The number of piperidine rings is 1. The minimum atomic E-state index is 0.365. The molecule has 1 aliphatic rings. The Hall–Kier alpha value is -1.06. The van der Waals surface area contributed by atoms with Crippen LogP contribution in [0.4, 0.5) is 0 Å². The van der Waals surface area contributed by atoms with E-state index in [0.29, 0.717) is 11.8 Å². The quantitative estimate of drug-likeness (QED) is 0.836. The van der Waals surface area contributed by atoms with Crippen LogP contribution in [0.25, 0.3) is 0 Å². The molecule has 17 heavy (non-hydrogen) atoms. The van der Waals surface area contributed by atoms with Gasteiger partial charge in [-0.3, -0.25) is 4.90 Å². The van der Waals surface area contributed by atoms with E-state index in [1.807, 2.05) is 19.2 Å². The molecule has 0 aromatic heterocycles. The molecule has 0 bridgehead atoms. The van der Waals surface area contributed by atoms with Crippen LogP contribution in [0.15, 0.2) is 24.3 Å². The van der Waals surface area contributed by atoms with E-state index < -0.39 is 0 Å². The molecule has 1 aromatic carbocycles. The van der Waals surface area contributed by atoms with Crippen LogP contribution in [0.1, 0.15) is 24.8 Å². The van der Waals surface area contributed by atoms with Gasteiger partial charge in [0, 0.05) is 19.1 Å². The highest BCUT2D eigenvalue weighted by atomic mass is 16.3. The molecule has 94 valence electrons. The molecule has 0 amide bonds. The smallest absolute Gasteiger partial charge is 0.115 e. The zero-order chi connectivity index (χ0) is 12.1. The second-order valence-corrected chi connectivity index (χ2v) is 4.85. The summed E-state index contributed by atoms with van der Waals surface area (Å²) in [5, 5.41) is 12.8. The van der Waals surface area contributed by atoms with E-state index in [1.54, 1.807) is 6.07 Å². The highest BCUT2D eigenvalue weighted by Gasteiger charge is 2.21. The molecule has 0 aliphatic carbocycles. The fourth-order valence-electron chi connectivity index (χ4n) is 2.62. The van der Waals surface area contributed by atoms with Gasteiger partial charge in [-0.15, -0.1) is 0 Å². The fraction of sp³-hybridized carbons (Fsp3) is 0.571.